The van der Waals surface area contributed by atoms with Gasteiger partial charge in [0.2, 0.25) is 0 Å². The number of hydrogen-bond donors (Lipinski definition) is 1. The molecule has 1 aromatic rings. The average molecular weight is 363 g/mol. The van der Waals surface area contributed by atoms with E-state index in [4.69, 9.17) is 14.9 Å². The highest BCUT2D eigenvalue weighted by molar-refractivity contribution is 5.81. The predicted molar refractivity (Wildman–Crippen MR) is 68.0 cm³/mol. The molecule has 0 radical (unpaired) electrons. The summed E-state index contributed by atoms with van der Waals surface area (Å²) < 4.78 is 102. The summed E-state index contributed by atoms with van der Waals surface area (Å²) in [6.07, 6.45) is -6.53. The van der Waals surface area contributed by atoms with Gasteiger partial charge in [-0.2, -0.15) is 30.7 Å². The van der Waals surface area contributed by atoms with Crippen molar-refractivity contribution in [2.75, 3.05) is 14.2 Å². The zero-order chi connectivity index (χ0) is 18.8. The van der Waals surface area contributed by atoms with Crippen molar-refractivity contribution >= 4 is 5.90 Å². The van der Waals surface area contributed by atoms with E-state index in [-0.39, 0.29) is 17.1 Å². The quantitative estimate of drug-likeness (QED) is 0.472. The number of nitrogens with one attached hydrogen (secondary N) is 1. The summed E-state index contributed by atoms with van der Waals surface area (Å²) in [5, 5.41) is 6.75. The van der Waals surface area contributed by atoms with Gasteiger partial charge in [-0.15, -0.1) is 0 Å². The molecule has 24 heavy (non-hydrogen) atoms. The van der Waals surface area contributed by atoms with E-state index in [1.165, 1.54) is 32.4 Å². The van der Waals surface area contributed by atoms with Gasteiger partial charge in [0.05, 0.1) is 14.2 Å². The zero-order valence-corrected chi connectivity index (χ0v) is 12.3. The molecule has 1 aromatic carbocycles. The van der Waals surface area contributed by atoms with E-state index in [0.717, 1.165) is 0 Å². The summed E-state index contributed by atoms with van der Waals surface area (Å²) in [5.74, 6) is -14.4. The molecule has 0 amide bonds. The fourth-order valence-corrected chi connectivity index (χ4v) is 1.54. The summed E-state index contributed by atoms with van der Waals surface area (Å²) in [5.41, 5.74) is 0.0866. The molecule has 0 aliphatic carbocycles. The largest absolute Gasteiger partial charge is 0.493 e. The summed E-state index contributed by atoms with van der Waals surface area (Å²) in [6, 6.07) is 3.84. The molecule has 0 saturated carbocycles. The Kier molecular flexibility index (Phi) is 5.57. The van der Waals surface area contributed by atoms with Crippen LogP contribution in [0.1, 0.15) is 5.56 Å². The molecule has 136 valence electrons. The highest BCUT2D eigenvalue weighted by Gasteiger charge is 2.75. The van der Waals surface area contributed by atoms with Gasteiger partial charge >= 0.3 is 18.0 Å². The minimum atomic E-state index is -6.53. The smallest absolute Gasteiger partial charge is 0.460 e. The number of rotatable bonds is 6. The van der Waals surface area contributed by atoms with Crippen molar-refractivity contribution in [1.82, 2.24) is 0 Å². The Hall–Kier alpha value is -2.20. The number of ether oxygens (including phenoxy) is 3. The molecular weight excluding hydrogens is 351 g/mol. The molecule has 0 aromatic heterocycles. The second-order valence-electron chi connectivity index (χ2n) is 4.45. The lowest BCUT2D eigenvalue weighted by Gasteiger charge is -2.28. The van der Waals surface area contributed by atoms with Gasteiger partial charge in [0.1, 0.15) is 6.61 Å². The van der Waals surface area contributed by atoms with Crippen LogP contribution >= 0.6 is 0 Å². The molecule has 1 rings (SSSR count). The van der Waals surface area contributed by atoms with Crippen LogP contribution in [0.5, 0.6) is 11.5 Å². The van der Waals surface area contributed by atoms with E-state index >= 15 is 0 Å². The predicted octanol–water partition coefficient (Wildman–Crippen LogP) is 4.03. The molecule has 0 spiro atoms. The Bertz CT molecular complexity index is 602. The third-order valence-electron chi connectivity index (χ3n) is 2.87. The van der Waals surface area contributed by atoms with Gasteiger partial charge in [0, 0.05) is 0 Å². The standard InChI is InChI=1S/C13H12F7NO3/c1-22-8-4-3-7(5-9(8)23-2)6-24-10(21)11(14,15)12(16,17)13(18,19)20/h3-5,21H,6H2,1-2H3. The molecule has 0 aliphatic rings. The first kappa shape index (κ1) is 19.8. The highest BCUT2D eigenvalue weighted by Crippen LogP contribution is 2.47. The zero-order valence-electron chi connectivity index (χ0n) is 12.3. The number of hydrogen-bond acceptors (Lipinski definition) is 4. The average Bonchev–Trinajstić information content (AvgIpc) is 2.50. The Morgan fingerprint density at radius 3 is 1.96 bits per heavy atom. The first-order valence-electron chi connectivity index (χ1n) is 6.13. The fourth-order valence-electron chi connectivity index (χ4n) is 1.54. The summed E-state index contributed by atoms with van der Waals surface area (Å²) in [7, 11) is 2.59. The van der Waals surface area contributed by atoms with Crippen LogP contribution in [0.2, 0.25) is 0 Å². The first-order valence-corrected chi connectivity index (χ1v) is 6.13. The van der Waals surface area contributed by atoms with Gasteiger partial charge < -0.3 is 14.2 Å². The van der Waals surface area contributed by atoms with E-state index in [0.29, 0.717) is 0 Å². The minimum Gasteiger partial charge on any atom is -0.493 e. The lowest BCUT2D eigenvalue weighted by Crippen LogP contribution is -2.56. The minimum absolute atomic E-state index is 0.0866. The van der Waals surface area contributed by atoms with Crippen LogP contribution in [-0.4, -0.2) is 38.1 Å². The number of halogens is 7. The maximum atomic E-state index is 13.2. The summed E-state index contributed by atoms with van der Waals surface area (Å²) in [4.78, 5) is 0. The van der Waals surface area contributed by atoms with Crippen LogP contribution in [0.25, 0.3) is 0 Å². The van der Waals surface area contributed by atoms with Crippen molar-refractivity contribution in [2.24, 2.45) is 0 Å². The molecule has 0 unspecified atom stereocenters. The highest BCUT2D eigenvalue weighted by atomic mass is 19.4. The van der Waals surface area contributed by atoms with Crippen molar-refractivity contribution in [1.29, 1.82) is 5.41 Å². The molecule has 0 fully saturated rings. The molecule has 0 atom stereocenters. The van der Waals surface area contributed by atoms with Crippen LogP contribution in [0.4, 0.5) is 30.7 Å². The van der Waals surface area contributed by atoms with Crippen molar-refractivity contribution in [3.8, 4) is 11.5 Å². The number of alkyl halides is 7. The topological polar surface area (TPSA) is 51.5 Å². The third kappa shape index (κ3) is 3.65. The van der Waals surface area contributed by atoms with Crippen molar-refractivity contribution in [3.63, 3.8) is 0 Å². The SMILES string of the molecule is COc1ccc(COC(=N)C(F)(F)C(F)(F)C(F)(F)F)cc1OC. The molecule has 0 aliphatic heterocycles. The lowest BCUT2D eigenvalue weighted by atomic mass is 10.1. The van der Waals surface area contributed by atoms with Crippen LogP contribution < -0.4 is 9.47 Å². The molecular formula is C13H12F7NO3. The van der Waals surface area contributed by atoms with Crippen molar-refractivity contribution < 1.29 is 44.9 Å². The van der Waals surface area contributed by atoms with E-state index in [9.17, 15) is 30.7 Å². The van der Waals surface area contributed by atoms with E-state index in [1.54, 1.807) is 0 Å². The molecule has 0 saturated heterocycles. The Balaban J connectivity index is 2.89. The second kappa shape index (κ2) is 6.73. The van der Waals surface area contributed by atoms with Crippen molar-refractivity contribution in [2.45, 2.75) is 24.6 Å². The van der Waals surface area contributed by atoms with Gasteiger partial charge in [-0.1, -0.05) is 6.07 Å². The molecule has 4 nitrogen and oxygen atoms in total. The Morgan fingerprint density at radius 2 is 1.50 bits per heavy atom. The lowest BCUT2D eigenvalue weighted by molar-refractivity contribution is -0.339. The maximum absolute atomic E-state index is 13.2. The molecule has 0 bridgehead atoms. The van der Waals surface area contributed by atoms with E-state index in [2.05, 4.69) is 4.74 Å². The summed E-state index contributed by atoms with van der Waals surface area (Å²) >= 11 is 0. The van der Waals surface area contributed by atoms with Crippen LogP contribution in [0.15, 0.2) is 18.2 Å². The van der Waals surface area contributed by atoms with Crippen LogP contribution in [0.3, 0.4) is 0 Å². The fraction of sp³-hybridized carbons (Fsp3) is 0.462. The third-order valence-corrected chi connectivity index (χ3v) is 2.87. The number of methoxy groups -OCH3 is 2. The van der Waals surface area contributed by atoms with E-state index < -0.39 is 30.5 Å². The second-order valence-corrected chi connectivity index (χ2v) is 4.45. The van der Waals surface area contributed by atoms with Gasteiger partial charge in [-0.05, 0) is 17.7 Å². The van der Waals surface area contributed by atoms with Crippen LogP contribution in [0, 0.1) is 5.41 Å². The summed E-state index contributed by atoms with van der Waals surface area (Å²) in [6.45, 7) is -0.845. The normalized spacial score (nSPS) is 12.7. The van der Waals surface area contributed by atoms with Gasteiger partial charge in [0.25, 0.3) is 5.90 Å². The maximum Gasteiger partial charge on any atom is 0.460 e. The Morgan fingerprint density at radius 1 is 0.958 bits per heavy atom. The first-order chi connectivity index (χ1) is 10.9. The van der Waals surface area contributed by atoms with Gasteiger partial charge in [-0.3, -0.25) is 5.41 Å². The van der Waals surface area contributed by atoms with Gasteiger partial charge in [-0.25, -0.2) is 0 Å². The molecule has 11 heteroatoms. The van der Waals surface area contributed by atoms with Crippen molar-refractivity contribution in [3.05, 3.63) is 23.8 Å². The Labute approximate surface area is 131 Å². The van der Waals surface area contributed by atoms with Crippen LogP contribution in [-0.2, 0) is 11.3 Å². The van der Waals surface area contributed by atoms with E-state index in [1.807, 2.05) is 0 Å². The molecule has 1 N–H and O–H groups in total. The van der Waals surface area contributed by atoms with Gasteiger partial charge in [0.15, 0.2) is 11.5 Å². The molecule has 0 heterocycles. The monoisotopic (exact) mass is 363 g/mol. The number of benzene rings is 1.